The minimum atomic E-state index is -3.78. The van der Waals surface area contributed by atoms with E-state index < -0.39 is 15.9 Å². The quantitative estimate of drug-likeness (QED) is 0.780. The van der Waals surface area contributed by atoms with Gasteiger partial charge < -0.3 is 10.1 Å². The second-order valence-corrected chi connectivity index (χ2v) is 9.36. The zero-order valence-corrected chi connectivity index (χ0v) is 17.4. The van der Waals surface area contributed by atoms with Crippen LogP contribution in [0.2, 0.25) is 0 Å². The maximum atomic E-state index is 13.4. The Bertz CT molecular complexity index is 959. The Labute approximate surface area is 170 Å². The minimum absolute atomic E-state index is 0.0644. The molecule has 1 aliphatic rings. The van der Waals surface area contributed by atoms with E-state index in [1.165, 1.54) is 35.7 Å². The molecule has 1 aliphatic heterocycles. The molecule has 0 aliphatic carbocycles. The number of carbonyl (C=O) groups is 1. The fourth-order valence-corrected chi connectivity index (χ4v) is 5.06. The monoisotopic (exact) mass is 420 g/mol. The summed E-state index contributed by atoms with van der Waals surface area (Å²) >= 11 is 0. The van der Waals surface area contributed by atoms with E-state index in [1.54, 1.807) is 24.3 Å². The van der Waals surface area contributed by atoms with Crippen molar-refractivity contribution in [3.05, 3.63) is 59.9 Å². The number of carbonyl (C=O) groups excluding carboxylic acids is 1. The lowest BCUT2D eigenvalue weighted by Crippen LogP contribution is -2.39. The van der Waals surface area contributed by atoms with Gasteiger partial charge in [-0.1, -0.05) is 12.1 Å². The molecule has 0 aromatic heterocycles. The third kappa shape index (κ3) is 4.59. The highest BCUT2D eigenvalue weighted by atomic mass is 32.2. The Balaban J connectivity index is 1.92. The van der Waals surface area contributed by atoms with Gasteiger partial charge in [-0.25, -0.2) is 12.8 Å². The third-order valence-electron chi connectivity index (χ3n) is 5.05. The number of amides is 1. The molecular weight excluding hydrogens is 395 g/mol. The highest BCUT2D eigenvalue weighted by molar-refractivity contribution is 7.89. The lowest BCUT2D eigenvalue weighted by molar-refractivity contribution is -0.125. The predicted molar refractivity (Wildman–Crippen MR) is 108 cm³/mol. The van der Waals surface area contributed by atoms with Gasteiger partial charge in [0.25, 0.3) is 0 Å². The van der Waals surface area contributed by atoms with Gasteiger partial charge in [0, 0.05) is 25.0 Å². The zero-order chi connectivity index (χ0) is 21.2. The third-order valence-corrected chi connectivity index (χ3v) is 6.90. The molecule has 1 heterocycles. The van der Waals surface area contributed by atoms with E-state index in [0.717, 1.165) is 5.56 Å². The first-order valence-electron chi connectivity index (χ1n) is 9.42. The van der Waals surface area contributed by atoms with Crippen LogP contribution >= 0.6 is 0 Å². The number of ether oxygens (including phenoxy) is 1. The molecule has 0 spiro atoms. The van der Waals surface area contributed by atoms with Gasteiger partial charge in [-0.15, -0.1) is 0 Å². The summed E-state index contributed by atoms with van der Waals surface area (Å²) in [6.07, 6.45) is 0. The van der Waals surface area contributed by atoms with Crippen molar-refractivity contribution in [3.8, 4) is 5.75 Å². The minimum Gasteiger partial charge on any atom is -0.497 e. The Hall–Kier alpha value is -2.45. The maximum Gasteiger partial charge on any atom is 0.243 e. The van der Waals surface area contributed by atoms with Crippen molar-refractivity contribution in [2.75, 3.05) is 20.2 Å². The van der Waals surface area contributed by atoms with E-state index in [1.807, 2.05) is 13.8 Å². The average Bonchev–Trinajstić information content (AvgIpc) is 3.14. The number of rotatable bonds is 6. The Kier molecular flexibility index (Phi) is 6.24. The van der Waals surface area contributed by atoms with Gasteiger partial charge in [0.2, 0.25) is 15.9 Å². The molecule has 29 heavy (non-hydrogen) atoms. The van der Waals surface area contributed by atoms with Crippen LogP contribution in [0.5, 0.6) is 5.75 Å². The maximum absolute atomic E-state index is 13.4. The van der Waals surface area contributed by atoms with Crippen molar-refractivity contribution in [1.29, 1.82) is 0 Å². The van der Waals surface area contributed by atoms with Gasteiger partial charge in [-0.05, 0) is 55.8 Å². The topological polar surface area (TPSA) is 75.7 Å². The van der Waals surface area contributed by atoms with Crippen LogP contribution in [0, 0.1) is 11.7 Å². The Morgan fingerprint density at radius 1 is 1.10 bits per heavy atom. The molecule has 156 valence electrons. The van der Waals surface area contributed by atoms with Crippen LogP contribution in [0.15, 0.2) is 53.4 Å². The number of hydrogen-bond acceptors (Lipinski definition) is 4. The smallest absolute Gasteiger partial charge is 0.243 e. The Morgan fingerprint density at radius 2 is 1.72 bits per heavy atom. The van der Waals surface area contributed by atoms with Crippen molar-refractivity contribution in [1.82, 2.24) is 9.62 Å². The van der Waals surface area contributed by atoms with Crippen LogP contribution in [0.25, 0.3) is 0 Å². The first-order valence-corrected chi connectivity index (χ1v) is 10.9. The fourth-order valence-electron chi connectivity index (χ4n) is 3.57. The first-order chi connectivity index (χ1) is 13.7. The van der Waals surface area contributed by atoms with Gasteiger partial charge in [-0.3, -0.25) is 4.79 Å². The van der Waals surface area contributed by atoms with E-state index >= 15 is 0 Å². The summed E-state index contributed by atoms with van der Waals surface area (Å²) in [5.74, 6) is -0.943. The summed E-state index contributed by atoms with van der Waals surface area (Å²) in [6.45, 7) is 3.92. The normalized spacial score (nSPS) is 20.0. The fraction of sp³-hybridized carbons (Fsp3) is 0.381. The largest absolute Gasteiger partial charge is 0.497 e. The molecule has 1 amide bonds. The van der Waals surface area contributed by atoms with Crippen LogP contribution in [-0.4, -0.2) is 44.9 Å². The molecule has 2 atom stereocenters. The molecular formula is C21H25FN2O4S. The summed E-state index contributed by atoms with van der Waals surface area (Å²) in [7, 11) is -2.27. The molecule has 6 nitrogen and oxygen atoms in total. The van der Waals surface area contributed by atoms with Gasteiger partial charge in [0.1, 0.15) is 11.6 Å². The van der Waals surface area contributed by atoms with Gasteiger partial charge >= 0.3 is 0 Å². The highest BCUT2D eigenvalue weighted by Crippen LogP contribution is 2.36. The van der Waals surface area contributed by atoms with Crippen molar-refractivity contribution in [3.63, 3.8) is 0 Å². The summed E-state index contributed by atoms with van der Waals surface area (Å²) < 4.78 is 46.1. The number of nitrogens with zero attached hydrogens (tertiary/aromatic N) is 1. The average molecular weight is 421 g/mol. The van der Waals surface area contributed by atoms with Gasteiger partial charge in [0.05, 0.1) is 17.9 Å². The van der Waals surface area contributed by atoms with Crippen LogP contribution < -0.4 is 10.1 Å². The van der Waals surface area contributed by atoms with Crippen molar-refractivity contribution < 1.29 is 22.3 Å². The number of nitrogens with one attached hydrogen (secondary N) is 1. The van der Waals surface area contributed by atoms with E-state index in [4.69, 9.17) is 4.74 Å². The molecule has 1 fully saturated rings. The summed E-state index contributed by atoms with van der Waals surface area (Å²) in [5.41, 5.74) is 0.739. The molecule has 0 radical (unpaired) electrons. The van der Waals surface area contributed by atoms with E-state index in [0.29, 0.717) is 5.75 Å². The highest BCUT2D eigenvalue weighted by Gasteiger charge is 2.43. The lowest BCUT2D eigenvalue weighted by atomic mass is 9.88. The number of sulfonamides is 1. The SMILES string of the molecule is COc1ccc(S(=O)(=O)N2CC(C(=O)NC(C)C)C(c3ccc(F)cc3)C2)cc1. The van der Waals surface area contributed by atoms with Crippen LogP contribution in [0.3, 0.4) is 0 Å². The van der Waals surface area contributed by atoms with Gasteiger partial charge in [0.15, 0.2) is 0 Å². The molecule has 0 saturated carbocycles. The standard InChI is InChI=1S/C21H25FN2O4S/c1-14(2)23-21(25)20-13-24(12-19(20)15-4-6-16(22)7-5-15)29(26,27)18-10-8-17(28-3)9-11-18/h4-11,14,19-20H,12-13H2,1-3H3,(H,23,25). The molecule has 2 unspecified atom stereocenters. The molecule has 8 heteroatoms. The van der Waals surface area contributed by atoms with Crippen molar-refractivity contribution in [2.45, 2.75) is 30.7 Å². The van der Waals surface area contributed by atoms with E-state index in [-0.39, 0.29) is 41.7 Å². The molecule has 1 N–H and O–H groups in total. The number of benzene rings is 2. The van der Waals surface area contributed by atoms with Crippen molar-refractivity contribution >= 4 is 15.9 Å². The van der Waals surface area contributed by atoms with Gasteiger partial charge in [-0.2, -0.15) is 4.31 Å². The van der Waals surface area contributed by atoms with Crippen LogP contribution in [-0.2, 0) is 14.8 Å². The summed E-state index contributed by atoms with van der Waals surface area (Å²) in [6, 6.07) is 12.0. The summed E-state index contributed by atoms with van der Waals surface area (Å²) in [5, 5.41) is 2.87. The zero-order valence-electron chi connectivity index (χ0n) is 16.6. The number of methoxy groups -OCH3 is 1. The van der Waals surface area contributed by atoms with Crippen LogP contribution in [0.4, 0.5) is 4.39 Å². The molecule has 1 saturated heterocycles. The number of hydrogen-bond donors (Lipinski definition) is 1. The Morgan fingerprint density at radius 3 is 2.28 bits per heavy atom. The van der Waals surface area contributed by atoms with E-state index in [9.17, 15) is 17.6 Å². The summed E-state index contributed by atoms with van der Waals surface area (Å²) in [4.78, 5) is 12.9. The molecule has 2 aromatic carbocycles. The molecule has 0 bridgehead atoms. The molecule has 2 aromatic rings. The number of halogens is 1. The second-order valence-electron chi connectivity index (χ2n) is 7.43. The van der Waals surface area contributed by atoms with Crippen molar-refractivity contribution in [2.24, 2.45) is 5.92 Å². The molecule has 3 rings (SSSR count). The second kappa shape index (κ2) is 8.51. The predicted octanol–water partition coefficient (Wildman–Crippen LogP) is 2.76. The van der Waals surface area contributed by atoms with Crippen LogP contribution in [0.1, 0.15) is 25.3 Å². The lowest BCUT2D eigenvalue weighted by Gasteiger charge is -2.19. The first kappa shape index (κ1) is 21.3. The van der Waals surface area contributed by atoms with E-state index in [2.05, 4.69) is 5.32 Å².